The van der Waals surface area contributed by atoms with Gasteiger partial charge in [0.05, 0.1) is 6.54 Å². The molecule has 7 heteroatoms. The molecule has 3 amide bonds. The maximum Gasteiger partial charge on any atom is 0.326 e. The number of nitrogens with one attached hydrogen (secondary N) is 3. The summed E-state index contributed by atoms with van der Waals surface area (Å²) in [4.78, 5) is 33.8. The fourth-order valence-electron chi connectivity index (χ4n) is 2.23. The van der Waals surface area contributed by atoms with E-state index in [0.29, 0.717) is 6.42 Å². The highest BCUT2D eigenvalue weighted by molar-refractivity contribution is 5.87. The number of urea groups is 1. The van der Waals surface area contributed by atoms with Gasteiger partial charge in [-0.15, -0.1) is 0 Å². The molecule has 1 aliphatic rings. The van der Waals surface area contributed by atoms with Crippen LogP contribution in [0.25, 0.3) is 0 Å². The fourth-order valence-corrected chi connectivity index (χ4v) is 2.23. The van der Waals surface area contributed by atoms with Crippen molar-refractivity contribution in [1.29, 1.82) is 0 Å². The Morgan fingerprint density at radius 1 is 1.20 bits per heavy atom. The van der Waals surface area contributed by atoms with E-state index in [1.165, 1.54) is 6.42 Å². The molecule has 1 rings (SSSR count). The standard InChI is InChI=1S/C13H23N3O4/c1-2-10(12(18)19)16-11(17)8-14-13(20)15-9-6-4-3-5-7-9/h9-10H,2-8H2,1H3,(H,16,17)(H,18,19)(H2,14,15,20). The molecule has 20 heavy (non-hydrogen) atoms. The van der Waals surface area contributed by atoms with E-state index >= 15 is 0 Å². The third kappa shape index (κ3) is 5.90. The van der Waals surface area contributed by atoms with Crippen LogP contribution in [-0.4, -0.2) is 41.6 Å². The van der Waals surface area contributed by atoms with E-state index in [1.807, 2.05) is 0 Å². The summed E-state index contributed by atoms with van der Waals surface area (Å²) in [7, 11) is 0. The van der Waals surface area contributed by atoms with Gasteiger partial charge in [0.2, 0.25) is 5.91 Å². The molecule has 1 fully saturated rings. The Morgan fingerprint density at radius 2 is 1.85 bits per heavy atom. The predicted octanol–water partition coefficient (Wildman–Crippen LogP) is 0.598. The first kappa shape index (κ1) is 16.3. The zero-order valence-electron chi connectivity index (χ0n) is 11.8. The van der Waals surface area contributed by atoms with E-state index in [2.05, 4.69) is 16.0 Å². The highest BCUT2D eigenvalue weighted by atomic mass is 16.4. The van der Waals surface area contributed by atoms with Gasteiger partial charge in [0.15, 0.2) is 0 Å². The molecule has 1 aliphatic carbocycles. The molecule has 7 nitrogen and oxygen atoms in total. The molecule has 0 spiro atoms. The van der Waals surface area contributed by atoms with E-state index in [-0.39, 0.29) is 18.6 Å². The van der Waals surface area contributed by atoms with Crippen LogP contribution in [0.5, 0.6) is 0 Å². The van der Waals surface area contributed by atoms with Crippen LogP contribution < -0.4 is 16.0 Å². The third-order valence-electron chi connectivity index (χ3n) is 3.39. The summed E-state index contributed by atoms with van der Waals surface area (Å²) in [6.07, 6.45) is 5.67. The monoisotopic (exact) mass is 285 g/mol. The van der Waals surface area contributed by atoms with E-state index in [0.717, 1.165) is 25.7 Å². The molecule has 0 radical (unpaired) electrons. The Kier molecular flexibility index (Phi) is 6.83. The van der Waals surface area contributed by atoms with Crippen LogP contribution in [0.4, 0.5) is 4.79 Å². The quantitative estimate of drug-likeness (QED) is 0.573. The van der Waals surface area contributed by atoms with Crippen molar-refractivity contribution >= 4 is 17.9 Å². The summed E-state index contributed by atoms with van der Waals surface area (Å²) in [5.74, 6) is -1.58. The summed E-state index contributed by atoms with van der Waals surface area (Å²) in [5, 5.41) is 16.4. The van der Waals surface area contributed by atoms with Crippen molar-refractivity contribution in [2.24, 2.45) is 0 Å². The van der Waals surface area contributed by atoms with Crippen LogP contribution in [0.2, 0.25) is 0 Å². The Hall–Kier alpha value is -1.79. The summed E-state index contributed by atoms with van der Waals surface area (Å²) in [6.45, 7) is 1.45. The molecule has 0 aromatic rings. The Labute approximate surface area is 118 Å². The molecule has 4 N–H and O–H groups in total. The van der Waals surface area contributed by atoms with Gasteiger partial charge < -0.3 is 21.1 Å². The lowest BCUT2D eigenvalue weighted by Crippen LogP contribution is -2.48. The van der Waals surface area contributed by atoms with Crippen LogP contribution in [0, 0.1) is 0 Å². The average molecular weight is 285 g/mol. The first-order valence-electron chi connectivity index (χ1n) is 7.09. The van der Waals surface area contributed by atoms with Gasteiger partial charge in [0.25, 0.3) is 0 Å². The minimum atomic E-state index is -1.08. The van der Waals surface area contributed by atoms with Crippen molar-refractivity contribution in [2.45, 2.75) is 57.5 Å². The molecule has 0 aromatic heterocycles. The van der Waals surface area contributed by atoms with E-state index in [4.69, 9.17) is 5.11 Å². The number of carbonyl (C=O) groups is 3. The van der Waals surface area contributed by atoms with Crippen LogP contribution >= 0.6 is 0 Å². The minimum absolute atomic E-state index is 0.175. The first-order chi connectivity index (χ1) is 9.52. The number of carboxylic acids is 1. The Bertz CT molecular complexity index is 354. The minimum Gasteiger partial charge on any atom is -0.480 e. The lowest BCUT2D eigenvalue weighted by molar-refractivity contribution is -0.141. The van der Waals surface area contributed by atoms with Crippen molar-refractivity contribution in [3.63, 3.8) is 0 Å². The summed E-state index contributed by atoms with van der Waals surface area (Å²) in [6, 6.07) is -1.12. The van der Waals surface area contributed by atoms with Crippen molar-refractivity contribution in [1.82, 2.24) is 16.0 Å². The lowest BCUT2D eigenvalue weighted by Gasteiger charge is -2.22. The molecule has 0 heterocycles. The molecular formula is C13H23N3O4. The molecule has 0 aliphatic heterocycles. The van der Waals surface area contributed by atoms with E-state index < -0.39 is 17.9 Å². The van der Waals surface area contributed by atoms with Gasteiger partial charge in [0, 0.05) is 6.04 Å². The third-order valence-corrected chi connectivity index (χ3v) is 3.39. The van der Waals surface area contributed by atoms with Gasteiger partial charge >= 0.3 is 12.0 Å². The lowest BCUT2D eigenvalue weighted by atomic mass is 9.96. The smallest absolute Gasteiger partial charge is 0.326 e. The normalized spacial score (nSPS) is 17.1. The number of amides is 3. The van der Waals surface area contributed by atoms with Gasteiger partial charge in [0.1, 0.15) is 6.04 Å². The van der Waals surface area contributed by atoms with Crippen LogP contribution in [0.15, 0.2) is 0 Å². The largest absolute Gasteiger partial charge is 0.480 e. The second-order valence-electron chi connectivity index (χ2n) is 5.03. The summed E-state index contributed by atoms with van der Waals surface area (Å²) < 4.78 is 0. The van der Waals surface area contributed by atoms with Crippen LogP contribution in [-0.2, 0) is 9.59 Å². The van der Waals surface area contributed by atoms with Gasteiger partial charge in [-0.2, -0.15) is 0 Å². The van der Waals surface area contributed by atoms with Gasteiger partial charge in [-0.1, -0.05) is 26.2 Å². The van der Waals surface area contributed by atoms with Gasteiger partial charge in [-0.05, 0) is 19.3 Å². The number of rotatable bonds is 6. The number of carboxylic acid groups (broad SMARTS) is 1. The fraction of sp³-hybridized carbons (Fsp3) is 0.769. The Balaban J connectivity index is 2.22. The number of carbonyl (C=O) groups excluding carboxylic acids is 2. The van der Waals surface area contributed by atoms with E-state index in [1.54, 1.807) is 6.92 Å². The number of aliphatic carboxylic acids is 1. The summed E-state index contributed by atoms with van der Waals surface area (Å²) >= 11 is 0. The Morgan fingerprint density at radius 3 is 2.40 bits per heavy atom. The highest BCUT2D eigenvalue weighted by Crippen LogP contribution is 2.16. The second-order valence-corrected chi connectivity index (χ2v) is 5.03. The topological polar surface area (TPSA) is 108 Å². The van der Waals surface area contributed by atoms with Crippen LogP contribution in [0.1, 0.15) is 45.4 Å². The molecule has 0 saturated heterocycles. The highest BCUT2D eigenvalue weighted by Gasteiger charge is 2.19. The second kappa shape index (κ2) is 8.39. The number of hydrogen-bond donors (Lipinski definition) is 4. The maximum atomic E-state index is 11.6. The van der Waals surface area contributed by atoms with Gasteiger partial charge in [-0.3, -0.25) is 4.79 Å². The summed E-state index contributed by atoms with van der Waals surface area (Å²) in [5.41, 5.74) is 0. The van der Waals surface area contributed by atoms with E-state index in [9.17, 15) is 14.4 Å². The molecule has 1 unspecified atom stereocenters. The molecule has 1 saturated carbocycles. The molecule has 0 bridgehead atoms. The molecular weight excluding hydrogens is 262 g/mol. The SMILES string of the molecule is CCC(NC(=O)CNC(=O)NC1CCCCC1)C(=O)O. The predicted molar refractivity (Wildman–Crippen MR) is 73.3 cm³/mol. The molecule has 114 valence electrons. The van der Waals surface area contributed by atoms with Crippen molar-refractivity contribution in [3.05, 3.63) is 0 Å². The maximum absolute atomic E-state index is 11.6. The first-order valence-corrected chi connectivity index (χ1v) is 7.09. The van der Waals surface area contributed by atoms with Gasteiger partial charge in [-0.25, -0.2) is 9.59 Å². The zero-order chi connectivity index (χ0) is 15.0. The van der Waals surface area contributed by atoms with Crippen molar-refractivity contribution in [2.75, 3.05) is 6.54 Å². The van der Waals surface area contributed by atoms with Crippen molar-refractivity contribution < 1.29 is 19.5 Å². The zero-order valence-corrected chi connectivity index (χ0v) is 11.8. The molecule has 0 aromatic carbocycles. The number of hydrogen-bond acceptors (Lipinski definition) is 3. The van der Waals surface area contributed by atoms with Crippen molar-refractivity contribution in [3.8, 4) is 0 Å². The molecule has 1 atom stereocenters. The average Bonchev–Trinajstić information content (AvgIpc) is 2.43. The van der Waals surface area contributed by atoms with Crippen LogP contribution in [0.3, 0.4) is 0 Å².